The van der Waals surface area contributed by atoms with Crippen LogP contribution in [0.5, 0.6) is 0 Å². The van der Waals surface area contributed by atoms with Gasteiger partial charge in [0.1, 0.15) is 0 Å². The maximum Gasteiger partial charge on any atom is 0.248 e. The van der Waals surface area contributed by atoms with Gasteiger partial charge in [-0.05, 0) is 31.7 Å². The minimum absolute atomic E-state index is 0. The average molecular weight is 270 g/mol. The zero-order valence-corrected chi connectivity index (χ0v) is 10.9. The highest BCUT2D eigenvalue weighted by Crippen LogP contribution is 2.21. The molecule has 0 saturated heterocycles. The molecule has 1 aromatic heterocycles. The zero-order chi connectivity index (χ0) is 12.4. The van der Waals surface area contributed by atoms with E-state index in [1.165, 1.54) is 0 Å². The van der Waals surface area contributed by atoms with Gasteiger partial charge in [-0.15, -0.1) is 17.5 Å². The van der Waals surface area contributed by atoms with Crippen LogP contribution in [-0.2, 0) is 6.42 Å². The van der Waals surface area contributed by atoms with E-state index in [1.807, 2.05) is 6.92 Å². The molecule has 5 N–H and O–H groups in total. The van der Waals surface area contributed by atoms with Crippen molar-refractivity contribution in [3.05, 3.63) is 33.2 Å². The van der Waals surface area contributed by atoms with E-state index in [1.54, 1.807) is 6.07 Å². The van der Waals surface area contributed by atoms with Gasteiger partial charge in [0.05, 0.1) is 5.71 Å². The van der Waals surface area contributed by atoms with Crippen molar-refractivity contribution in [2.45, 2.75) is 26.2 Å². The normalized spacial score (nSPS) is 15.7. The fourth-order valence-electron chi connectivity index (χ4n) is 2.12. The summed E-state index contributed by atoms with van der Waals surface area (Å²) in [6.07, 6.45) is 2.61. The predicted octanol–water partition coefficient (Wildman–Crippen LogP) is 0.419. The largest absolute Gasteiger partial charge is 0.369 e. The summed E-state index contributed by atoms with van der Waals surface area (Å²) >= 11 is 0. The number of halogens is 1. The Morgan fingerprint density at radius 3 is 2.78 bits per heavy atom. The topological polar surface area (TPSA) is 110 Å². The molecule has 0 bridgehead atoms. The van der Waals surface area contributed by atoms with Crippen LogP contribution in [0.1, 0.15) is 29.7 Å². The molecule has 7 heteroatoms. The van der Waals surface area contributed by atoms with Crippen molar-refractivity contribution in [1.29, 1.82) is 0 Å². The van der Waals surface area contributed by atoms with Crippen LogP contribution in [0.4, 0.5) is 0 Å². The SMILES string of the molecule is Cc1cc(=O)[nH]c2c1C(=NN=C(N)N)CCC2.Cl. The van der Waals surface area contributed by atoms with Crippen LogP contribution in [0.3, 0.4) is 0 Å². The molecule has 0 aliphatic heterocycles. The highest BCUT2D eigenvalue weighted by atomic mass is 35.5. The maximum absolute atomic E-state index is 11.4. The highest BCUT2D eigenvalue weighted by molar-refractivity contribution is 6.03. The summed E-state index contributed by atoms with van der Waals surface area (Å²) in [5, 5.41) is 7.73. The molecule has 0 amide bonds. The maximum atomic E-state index is 11.4. The van der Waals surface area contributed by atoms with Gasteiger partial charge < -0.3 is 16.5 Å². The Hall–Kier alpha value is -1.82. The lowest BCUT2D eigenvalue weighted by Crippen LogP contribution is -2.23. The van der Waals surface area contributed by atoms with E-state index in [-0.39, 0.29) is 23.9 Å². The number of aryl methyl sites for hydroxylation is 2. The second-order valence-electron chi connectivity index (χ2n) is 4.10. The molecule has 0 radical (unpaired) electrons. The Kier molecular flexibility index (Phi) is 4.49. The summed E-state index contributed by atoms with van der Waals surface area (Å²) in [5.41, 5.74) is 14.1. The van der Waals surface area contributed by atoms with Crippen LogP contribution in [-0.4, -0.2) is 16.7 Å². The van der Waals surface area contributed by atoms with Crippen LogP contribution in [0.2, 0.25) is 0 Å². The van der Waals surface area contributed by atoms with Gasteiger partial charge in [0.2, 0.25) is 11.5 Å². The van der Waals surface area contributed by atoms with Gasteiger partial charge in [-0.3, -0.25) is 4.79 Å². The van der Waals surface area contributed by atoms with E-state index < -0.39 is 0 Å². The first-order valence-electron chi connectivity index (χ1n) is 5.46. The fourth-order valence-corrected chi connectivity index (χ4v) is 2.12. The number of guanidine groups is 1. The Labute approximate surface area is 111 Å². The Balaban J connectivity index is 0.00000162. The molecule has 98 valence electrons. The standard InChI is InChI=1S/C11H15N5O.ClH/c1-6-5-9(17)14-7-3-2-4-8(10(6)7)15-16-11(12)13;/h5H,2-4H2,1H3,(H,14,17)(H4,12,13,16);1H. The smallest absolute Gasteiger partial charge is 0.248 e. The molecule has 1 aromatic rings. The number of hydrogen-bond acceptors (Lipinski definition) is 3. The van der Waals surface area contributed by atoms with E-state index in [4.69, 9.17) is 11.5 Å². The number of rotatable bonds is 1. The first-order chi connectivity index (χ1) is 8.08. The molecule has 6 nitrogen and oxygen atoms in total. The van der Waals surface area contributed by atoms with Gasteiger partial charge in [0.25, 0.3) is 0 Å². The lowest BCUT2D eigenvalue weighted by molar-refractivity contribution is 0.797. The van der Waals surface area contributed by atoms with Crippen molar-refractivity contribution in [3.8, 4) is 0 Å². The third-order valence-corrected chi connectivity index (χ3v) is 2.73. The molecular weight excluding hydrogens is 254 g/mol. The zero-order valence-electron chi connectivity index (χ0n) is 10.1. The fraction of sp³-hybridized carbons (Fsp3) is 0.364. The minimum atomic E-state index is -0.0793. The minimum Gasteiger partial charge on any atom is -0.369 e. The number of aromatic nitrogens is 1. The Bertz CT molecular complexity index is 557. The molecule has 0 atom stereocenters. The Morgan fingerprint density at radius 1 is 1.39 bits per heavy atom. The molecular formula is C11H16ClN5O. The lowest BCUT2D eigenvalue weighted by Gasteiger charge is -2.18. The molecule has 0 fully saturated rings. The summed E-state index contributed by atoms with van der Waals surface area (Å²) < 4.78 is 0. The molecule has 0 aromatic carbocycles. The molecule has 2 rings (SSSR count). The highest BCUT2D eigenvalue weighted by Gasteiger charge is 2.18. The van der Waals surface area contributed by atoms with Gasteiger partial charge >= 0.3 is 0 Å². The van der Waals surface area contributed by atoms with Crippen LogP contribution in [0, 0.1) is 6.92 Å². The second-order valence-corrected chi connectivity index (χ2v) is 4.10. The number of H-pyrrole nitrogens is 1. The first-order valence-corrected chi connectivity index (χ1v) is 5.46. The van der Waals surface area contributed by atoms with Crippen LogP contribution in [0.15, 0.2) is 21.1 Å². The van der Waals surface area contributed by atoms with Crippen molar-refractivity contribution < 1.29 is 0 Å². The molecule has 1 aliphatic carbocycles. The summed E-state index contributed by atoms with van der Waals surface area (Å²) in [6.45, 7) is 1.89. The lowest BCUT2D eigenvalue weighted by atomic mass is 9.91. The third-order valence-electron chi connectivity index (χ3n) is 2.73. The summed E-state index contributed by atoms with van der Waals surface area (Å²) in [6, 6.07) is 1.56. The van der Waals surface area contributed by atoms with Crippen molar-refractivity contribution in [1.82, 2.24) is 4.98 Å². The predicted molar refractivity (Wildman–Crippen MR) is 74.3 cm³/mol. The second kappa shape index (κ2) is 5.68. The van der Waals surface area contributed by atoms with Gasteiger partial charge in [-0.1, -0.05) is 0 Å². The molecule has 0 spiro atoms. The number of nitrogens with zero attached hydrogens (tertiary/aromatic N) is 2. The van der Waals surface area contributed by atoms with Gasteiger partial charge in [0, 0.05) is 17.3 Å². The summed E-state index contributed by atoms with van der Waals surface area (Å²) in [4.78, 5) is 14.2. The number of pyridine rings is 1. The van der Waals surface area contributed by atoms with Gasteiger partial charge in [0.15, 0.2) is 0 Å². The van der Waals surface area contributed by atoms with E-state index in [9.17, 15) is 4.79 Å². The van der Waals surface area contributed by atoms with E-state index >= 15 is 0 Å². The van der Waals surface area contributed by atoms with Crippen molar-refractivity contribution >= 4 is 24.1 Å². The number of nitrogens with one attached hydrogen (secondary N) is 1. The van der Waals surface area contributed by atoms with E-state index in [0.29, 0.717) is 0 Å². The van der Waals surface area contributed by atoms with Crippen LogP contribution >= 0.6 is 12.4 Å². The van der Waals surface area contributed by atoms with Crippen LogP contribution < -0.4 is 17.0 Å². The summed E-state index contributed by atoms with van der Waals surface area (Å²) in [7, 11) is 0. The average Bonchev–Trinajstić information content (AvgIpc) is 2.25. The van der Waals surface area contributed by atoms with Crippen molar-refractivity contribution in [2.24, 2.45) is 21.7 Å². The van der Waals surface area contributed by atoms with E-state index in [2.05, 4.69) is 15.2 Å². The number of aromatic amines is 1. The van der Waals surface area contributed by atoms with E-state index in [0.717, 1.165) is 41.8 Å². The van der Waals surface area contributed by atoms with Crippen molar-refractivity contribution in [2.75, 3.05) is 0 Å². The molecule has 1 aliphatic rings. The Morgan fingerprint density at radius 2 is 2.11 bits per heavy atom. The molecule has 0 unspecified atom stereocenters. The quantitative estimate of drug-likeness (QED) is 0.390. The van der Waals surface area contributed by atoms with Crippen molar-refractivity contribution in [3.63, 3.8) is 0 Å². The third kappa shape index (κ3) is 2.89. The monoisotopic (exact) mass is 269 g/mol. The molecule has 1 heterocycles. The van der Waals surface area contributed by atoms with Crippen LogP contribution in [0.25, 0.3) is 0 Å². The number of hydrogen-bond donors (Lipinski definition) is 3. The molecule has 0 saturated carbocycles. The first kappa shape index (κ1) is 14.2. The summed E-state index contributed by atoms with van der Waals surface area (Å²) in [5.74, 6) is -0.0632. The number of nitrogens with two attached hydrogens (primary N) is 2. The molecule has 18 heavy (non-hydrogen) atoms. The van der Waals surface area contributed by atoms with Gasteiger partial charge in [-0.25, -0.2) is 0 Å². The van der Waals surface area contributed by atoms with Gasteiger partial charge in [-0.2, -0.15) is 5.10 Å². The number of fused-ring (bicyclic) bond motifs is 1.